The summed E-state index contributed by atoms with van der Waals surface area (Å²) in [5.74, 6) is -0.140. The van der Waals surface area contributed by atoms with Crippen LogP contribution in [0, 0.1) is 0 Å². The van der Waals surface area contributed by atoms with E-state index in [9.17, 15) is 4.79 Å². The number of hydrogen-bond donors (Lipinski definition) is 2. The molecule has 0 aliphatic heterocycles. The number of rotatable bonds is 8. The van der Waals surface area contributed by atoms with Crippen LogP contribution in [0.4, 0.5) is 0 Å². The van der Waals surface area contributed by atoms with E-state index in [0.29, 0.717) is 25.3 Å². The molecule has 2 N–H and O–H groups in total. The van der Waals surface area contributed by atoms with Crippen LogP contribution in [-0.2, 0) is 4.74 Å². The molecule has 23 heavy (non-hydrogen) atoms. The Balaban J connectivity index is 0.00000242. The molecule has 0 aliphatic rings. The van der Waals surface area contributed by atoms with Crippen molar-refractivity contribution in [2.75, 3.05) is 33.4 Å². The summed E-state index contributed by atoms with van der Waals surface area (Å²) in [5.41, 5.74) is 1.34. The predicted octanol–water partition coefficient (Wildman–Crippen LogP) is 1.08. The fourth-order valence-corrected chi connectivity index (χ4v) is 1.74. The molecule has 128 valence electrons. The molecule has 0 atom stereocenters. The lowest BCUT2D eigenvalue weighted by Crippen LogP contribution is -2.32. The molecule has 2 aromatic heterocycles. The van der Waals surface area contributed by atoms with E-state index in [2.05, 4.69) is 20.7 Å². The minimum atomic E-state index is -0.140. The molecule has 7 nitrogen and oxygen atoms in total. The number of nitrogens with one attached hydrogen (secondary N) is 2. The number of ether oxygens (including phenoxy) is 1. The van der Waals surface area contributed by atoms with Crippen LogP contribution in [0.3, 0.4) is 0 Å². The third kappa shape index (κ3) is 6.96. The van der Waals surface area contributed by atoms with E-state index in [-0.39, 0.29) is 30.7 Å². The van der Waals surface area contributed by atoms with Gasteiger partial charge in [-0.05, 0) is 12.1 Å². The number of aromatic nitrogens is 3. The smallest absolute Gasteiger partial charge is 0.254 e. The van der Waals surface area contributed by atoms with Gasteiger partial charge in [-0.2, -0.15) is 5.10 Å². The summed E-state index contributed by atoms with van der Waals surface area (Å²) in [5, 5.41) is 10.1. The fourth-order valence-electron chi connectivity index (χ4n) is 1.74. The number of amides is 1. The van der Waals surface area contributed by atoms with Crippen molar-refractivity contribution in [1.29, 1.82) is 0 Å². The molecular weight excluding hydrogens is 341 g/mol. The largest absolute Gasteiger partial charge is 0.383 e. The molecule has 0 unspecified atom stereocenters. The maximum atomic E-state index is 11.9. The van der Waals surface area contributed by atoms with Gasteiger partial charge in [0.2, 0.25) is 0 Å². The summed E-state index contributed by atoms with van der Waals surface area (Å²) >= 11 is 0. The maximum Gasteiger partial charge on any atom is 0.254 e. The minimum Gasteiger partial charge on any atom is -0.383 e. The topological polar surface area (TPSA) is 81.1 Å². The molecule has 0 saturated heterocycles. The lowest BCUT2D eigenvalue weighted by Gasteiger charge is -2.05. The minimum absolute atomic E-state index is 0. The van der Waals surface area contributed by atoms with Gasteiger partial charge in [0.15, 0.2) is 0 Å². The quantitative estimate of drug-likeness (QED) is 0.687. The van der Waals surface area contributed by atoms with Gasteiger partial charge in [-0.25, -0.2) is 4.68 Å². The molecule has 0 radical (unpaired) electrons. The van der Waals surface area contributed by atoms with E-state index in [1.54, 1.807) is 36.6 Å². The average Bonchev–Trinajstić information content (AvgIpc) is 3.01. The third-order valence-electron chi connectivity index (χ3n) is 2.83. The summed E-state index contributed by atoms with van der Waals surface area (Å²) in [4.78, 5) is 16.0. The molecule has 0 fully saturated rings. The maximum absolute atomic E-state index is 11.9. The van der Waals surface area contributed by atoms with Crippen LogP contribution >= 0.6 is 24.8 Å². The van der Waals surface area contributed by atoms with Crippen molar-refractivity contribution in [2.45, 2.75) is 0 Å². The third-order valence-corrected chi connectivity index (χ3v) is 2.83. The standard InChI is InChI=1S/C14H19N5O2.2ClH/c1-21-8-7-15-5-6-17-14(20)12-9-18-19(11-12)13-3-2-4-16-10-13;;/h2-4,9-11,15H,5-8H2,1H3,(H,17,20);2*1H. The Morgan fingerprint density at radius 2 is 2.09 bits per heavy atom. The van der Waals surface area contributed by atoms with Gasteiger partial charge in [0.25, 0.3) is 5.91 Å². The molecule has 2 heterocycles. The van der Waals surface area contributed by atoms with Gasteiger partial charge < -0.3 is 15.4 Å². The van der Waals surface area contributed by atoms with Crippen molar-refractivity contribution in [2.24, 2.45) is 0 Å². The van der Waals surface area contributed by atoms with Gasteiger partial charge in [-0.3, -0.25) is 9.78 Å². The Labute approximate surface area is 147 Å². The Kier molecular flexibility index (Phi) is 11.0. The summed E-state index contributed by atoms with van der Waals surface area (Å²) in [6.07, 6.45) is 6.61. The molecular formula is C14H21Cl2N5O2. The highest BCUT2D eigenvalue weighted by Gasteiger charge is 2.08. The van der Waals surface area contributed by atoms with Gasteiger partial charge in [-0.1, -0.05) is 0 Å². The SMILES string of the molecule is COCCNCCNC(=O)c1cnn(-c2cccnc2)c1.Cl.Cl. The van der Waals surface area contributed by atoms with E-state index < -0.39 is 0 Å². The zero-order chi connectivity index (χ0) is 14.9. The van der Waals surface area contributed by atoms with E-state index in [0.717, 1.165) is 12.2 Å². The van der Waals surface area contributed by atoms with Crippen LogP contribution in [0.25, 0.3) is 5.69 Å². The van der Waals surface area contributed by atoms with Gasteiger partial charge in [0, 0.05) is 39.1 Å². The first-order chi connectivity index (χ1) is 10.3. The molecule has 0 bridgehead atoms. The second-order valence-electron chi connectivity index (χ2n) is 4.38. The van der Waals surface area contributed by atoms with Crippen LogP contribution in [0.1, 0.15) is 10.4 Å². The second-order valence-corrected chi connectivity index (χ2v) is 4.38. The highest BCUT2D eigenvalue weighted by atomic mass is 35.5. The van der Waals surface area contributed by atoms with Crippen molar-refractivity contribution in [3.63, 3.8) is 0 Å². The molecule has 9 heteroatoms. The van der Waals surface area contributed by atoms with Crippen LogP contribution in [0.2, 0.25) is 0 Å². The first kappa shape index (κ1) is 21.3. The fraction of sp³-hybridized carbons (Fsp3) is 0.357. The molecule has 0 spiro atoms. The number of carbonyl (C=O) groups excluding carboxylic acids is 1. The summed E-state index contributed by atoms with van der Waals surface area (Å²) in [7, 11) is 1.66. The van der Waals surface area contributed by atoms with E-state index in [4.69, 9.17) is 4.74 Å². The summed E-state index contributed by atoms with van der Waals surface area (Å²) in [6, 6.07) is 3.70. The predicted molar refractivity (Wildman–Crippen MR) is 92.9 cm³/mol. The van der Waals surface area contributed by atoms with Crippen LogP contribution in [0.15, 0.2) is 36.9 Å². The molecule has 2 aromatic rings. The lowest BCUT2D eigenvalue weighted by atomic mass is 10.3. The van der Waals surface area contributed by atoms with Crippen LogP contribution in [-0.4, -0.2) is 54.0 Å². The van der Waals surface area contributed by atoms with Crippen molar-refractivity contribution >= 4 is 30.7 Å². The number of nitrogens with zero attached hydrogens (tertiary/aromatic N) is 3. The molecule has 1 amide bonds. The molecule has 0 aliphatic carbocycles. The van der Waals surface area contributed by atoms with Crippen LogP contribution < -0.4 is 10.6 Å². The van der Waals surface area contributed by atoms with E-state index >= 15 is 0 Å². The van der Waals surface area contributed by atoms with Crippen molar-refractivity contribution in [1.82, 2.24) is 25.4 Å². The number of hydrogen-bond acceptors (Lipinski definition) is 5. The highest BCUT2D eigenvalue weighted by Crippen LogP contribution is 2.05. The van der Waals surface area contributed by atoms with Gasteiger partial charge in [-0.15, -0.1) is 24.8 Å². The Hall–Kier alpha value is -1.67. The van der Waals surface area contributed by atoms with Crippen molar-refractivity contribution < 1.29 is 9.53 Å². The number of methoxy groups -OCH3 is 1. The number of pyridine rings is 1. The number of carbonyl (C=O) groups is 1. The molecule has 0 saturated carbocycles. The molecule has 0 aromatic carbocycles. The van der Waals surface area contributed by atoms with Gasteiger partial charge in [0.1, 0.15) is 0 Å². The zero-order valence-corrected chi connectivity index (χ0v) is 14.4. The second kappa shape index (κ2) is 11.8. The summed E-state index contributed by atoms with van der Waals surface area (Å²) < 4.78 is 6.54. The van der Waals surface area contributed by atoms with Crippen molar-refractivity contribution in [3.8, 4) is 5.69 Å². The average molecular weight is 362 g/mol. The van der Waals surface area contributed by atoms with Crippen LogP contribution in [0.5, 0.6) is 0 Å². The monoisotopic (exact) mass is 361 g/mol. The van der Waals surface area contributed by atoms with Gasteiger partial charge in [0.05, 0.1) is 30.3 Å². The lowest BCUT2D eigenvalue weighted by molar-refractivity contribution is 0.0953. The first-order valence-electron chi connectivity index (χ1n) is 6.74. The highest BCUT2D eigenvalue weighted by molar-refractivity contribution is 5.93. The van der Waals surface area contributed by atoms with E-state index in [1.165, 1.54) is 0 Å². The Morgan fingerprint density at radius 1 is 1.26 bits per heavy atom. The normalized spacial score (nSPS) is 9.61. The van der Waals surface area contributed by atoms with E-state index in [1.807, 2.05) is 12.1 Å². The van der Waals surface area contributed by atoms with Gasteiger partial charge >= 0.3 is 0 Å². The Morgan fingerprint density at radius 3 is 2.78 bits per heavy atom. The summed E-state index contributed by atoms with van der Waals surface area (Å²) in [6.45, 7) is 2.68. The number of halogens is 2. The molecule has 2 rings (SSSR count). The zero-order valence-electron chi connectivity index (χ0n) is 12.8. The first-order valence-corrected chi connectivity index (χ1v) is 6.74. The van der Waals surface area contributed by atoms with Crippen molar-refractivity contribution in [3.05, 3.63) is 42.5 Å². The Bertz CT molecular complexity index is 565.